The van der Waals surface area contributed by atoms with E-state index >= 15 is 0 Å². The van der Waals surface area contributed by atoms with E-state index in [-0.39, 0.29) is 12.3 Å². The zero-order chi connectivity index (χ0) is 17.8. The number of anilines is 1. The summed E-state index contributed by atoms with van der Waals surface area (Å²) < 4.78 is 10.5. The summed E-state index contributed by atoms with van der Waals surface area (Å²) in [5, 5.41) is 5.54. The molecule has 0 spiro atoms. The Morgan fingerprint density at radius 1 is 0.960 bits per heavy atom. The van der Waals surface area contributed by atoms with Crippen LogP contribution >= 0.6 is 11.6 Å². The fraction of sp³-hybridized carbons (Fsp3) is 0.150. The minimum absolute atomic E-state index is 0.141. The Balaban J connectivity index is 1.79. The maximum Gasteiger partial charge on any atom is 0.228 e. The second-order valence-electron chi connectivity index (χ2n) is 5.59. The molecule has 0 aliphatic carbocycles. The molecule has 0 bridgehead atoms. The van der Waals surface area contributed by atoms with Gasteiger partial charge in [-0.3, -0.25) is 4.79 Å². The zero-order valence-corrected chi connectivity index (χ0v) is 14.8. The number of fused-ring (bicyclic) bond motifs is 1. The van der Waals surface area contributed by atoms with Gasteiger partial charge in [-0.15, -0.1) is 0 Å². The molecule has 0 aromatic heterocycles. The van der Waals surface area contributed by atoms with Crippen molar-refractivity contribution in [1.82, 2.24) is 0 Å². The monoisotopic (exact) mass is 355 g/mol. The topological polar surface area (TPSA) is 47.6 Å². The Hall–Kier alpha value is -2.72. The largest absolute Gasteiger partial charge is 0.495 e. The van der Waals surface area contributed by atoms with Crippen molar-refractivity contribution in [1.29, 1.82) is 0 Å². The van der Waals surface area contributed by atoms with Crippen molar-refractivity contribution in [2.24, 2.45) is 0 Å². The fourth-order valence-corrected chi connectivity index (χ4v) is 2.92. The van der Waals surface area contributed by atoms with Crippen molar-refractivity contribution in [2.45, 2.75) is 6.42 Å². The maximum atomic E-state index is 12.4. The van der Waals surface area contributed by atoms with Crippen LogP contribution in [0, 0.1) is 0 Å². The molecule has 3 aromatic carbocycles. The first-order chi connectivity index (χ1) is 12.1. The molecule has 25 heavy (non-hydrogen) atoms. The van der Waals surface area contributed by atoms with E-state index in [0.717, 1.165) is 16.3 Å². The molecule has 1 N–H and O–H groups in total. The second-order valence-corrected chi connectivity index (χ2v) is 6.00. The number of halogens is 1. The second kappa shape index (κ2) is 7.45. The first-order valence-electron chi connectivity index (χ1n) is 7.80. The normalized spacial score (nSPS) is 10.5. The van der Waals surface area contributed by atoms with Gasteiger partial charge in [0, 0.05) is 12.1 Å². The van der Waals surface area contributed by atoms with Crippen molar-refractivity contribution in [2.75, 3.05) is 19.5 Å². The van der Waals surface area contributed by atoms with Gasteiger partial charge in [-0.05, 0) is 16.3 Å². The molecule has 0 aliphatic rings. The number of benzene rings is 3. The number of carbonyl (C=O) groups is 1. The molecule has 3 aromatic rings. The molecule has 0 aliphatic heterocycles. The van der Waals surface area contributed by atoms with Crippen LogP contribution < -0.4 is 14.8 Å². The van der Waals surface area contributed by atoms with E-state index < -0.39 is 0 Å². The highest BCUT2D eigenvalue weighted by Gasteiger charge is 2.13. The van der Waals surface area contributed by atoms with Crippen molar-refractivity contribution in [3.63, 3.8) is 0 Å². The Bertz CT molecular complexity index is 924. The van der Waals surface area contributed by atoms with Crippen molar-refractivity contribution in [3.8, 4) is 11.5 Å². The number of nitrogens with one attached hydrogen (secondary N) is 1. The van der Waals surface area contributed by atoms with Crippen LogP contribution in [0.3, 0.4) is 0 Å². The summed E-state index contributed by atoms with van der Waals surface area (Å²) in [6, 6.07) is 17.3. The van der Waals surface area contributed by atoms with E-state index in [1.54, 1.807) is 12.1 Å². The lowest BCUT2D eigenvalue weighted by atomic mass is 10.0. The molecular formula is C20H18ClNO3. The van der Waals surface area contributed by atoms with Crippen LogP contribution in [0.1, 0.15) is 5.56 Å². The molecule has 128 valence electrons. The lowest BCUT2D eigenvalue weighted by Crippen LogP contribution is -2.15. The summed E-state index contributed by atoms with van der Waals surface area (Å²) in [6.07, 6.45) is 0.263. The predicted octanol–water partition coefficient (Wildman–Crippen LogP) is 4.69. The highest BCUT2D eigenvalue weighted by atomic mass is 35.5. The third-order valence-corrected chi connectivity index (χ3v) is 4.22. The summed E-state index contributed by atoms with van der Waals surface area (Å²) in [6.45, 7) is 0. The quantitative estimate of drug-likeness (QED) is 0.722. The number of ether oxygens (including phenoxy) is 2. The molecule has 1 amide bonds. The third-order valence-electron chi connectivity index (χ3n) is 3.93. The van der Waals surface area contributed by atoms with E-state index in [9.17, 15) is 4.79 Å². The van der Waals surface area contributed by atoms with E-state index in [2.05, 4.69) is 5.32 Å². The van der Waals surface area contributed by atoms with E-state index in [1.807, 2.05) is 42.5 Å². The highest BCUT2D eigenvalue weighted by molar-refractivity contribution is 6.32. The molecule has 4 nitrogen and oxygen atoms in total. The van der Waals surface area contributed by atoms with Gasteiger partial charge in [0.15, 0.2) is 0 Å². The average molecular weight is 356 g/mol. The van der Waals surface area contributed by atoms with Gasteiger partial charge in [0.2, 0.25) is 5.91 Å². The molecular weight excluding hydrogens is 338 g/mol. The molecule has 0 atom stereocenters. The minimum Gasteiger partial charge on any atom is -0.495 e. The number of hydrogen-bond donors (Lipinski definition) is 1. The fourth-order valence-electron chi connectivity index (χ4n) is 2.69. The summed E-state index contributed by atoms with van der Waals surface area (Å²) in [5.74, 6) is 0.819. The molecule has 0 radical (unpaired) electrons. The number of rotatable bonds is 5. The summed E-state index contributed by atoms with van der Waals surface area (Å²) >= 11 is 6.08. The van der Waals surface area contributed by atoms with Gasteiger partial charge in [-0.1, -0.05) is 54.1 Å². The SMILES string of the molecule is COc1cc(NC(=O)Cc2ccc3ccccc3c2)c(OC)cc1Cl. The van der Waals surface area contributed by atoms with Gasteiger partial charge in [-0.25, -0.2) is 0 Å². The lowest BCUT2D eigenvalue weighted by Gasteiger charge is -2.13. The molecule has 0 saturated carbocycles. The third kappa shape index (κ3) is 3.86. The Morgan fingerprint density at radius 3 is 2.40 bits per heavy atom. The summed E-state index contributed by atoms with van der Waals surface area (Å²) in [7, 11) is 3.05. The Morgan fingerprint density at radius 2 is 1.68 bits per heavy atom. The zero-order valence-electron chi connectivity index (χ0n) is 14.0. The minimum atomic E-state index is -0.141. The van der Waals surface area contributed by atoms with Crippen molar-refractivity contribution >= 4 is 34.0 Å². The van der Waals surface area contributed by atoms with Crippen molar-refractivity contribution < 1.29 is 14.3 Å². The summed E-state index contributed by atoms with van der Waals surface area (Å²) in [4.78, 5) is 12.4. The van der Waals surface area contributed by atoms with E-state index in [4.69, 9.17) is 21.1 Å². The number of hydrogen-bond acceptors (Lipinski definition) is 3. The van der Waals surface area contributed by atoms with E-state index in [0.29, 0.717) is 22.2 Å². The van der Waals surface area contributed by atoms with Crippen molar-refractivity contribution in [3.05, 3.63) is 65.2 Å². The van der Waals surface area contributed by atoms with E-state index in [1.165, 1.54) is 14.2 Å². The van der Waals surface area contributed by atoms with Gasteiger partial charge in [0.1, 0.15) is 11.5 Å². The smallest absolute Gasteiger partial charge is 0.228 e. The van der Waals surface area contributed by atoms with Gasteiger partial charge in [-0.2, -0.15) is 0 Å². The van der Waals surface area contributed by atoms with Gasteiger partial charge in [0.05, 0.1) is 31.4 Å². The molecule has 0 unspecified atom stereocenters. The standard InChI is InChI=1S/C20H18ClNO3/c1-24-18-12-17(19(25-2)11-16(18)21)22-20(23)10-13-7-8-14-5-3-4-6-15(14)9-13/h3-9,11-12H,10H2,1-2H3,(H,22,23). The Labute approximate surface area is 151 Å². The number of carbonyl (C=O) groups excluding carboxylic acids is 1. The molecule has 0 heterocycles. The van der Waals surface area contributed by atoms with Crippen LogP contribution in [-0.2, 0) is 11.2 Å². The van der Waals surface area contributed by atoms with Crippen LogP contribution in [-0.4, -0.2) is 20.1 Å². The average Bonchev–Trinajstić information content (AvgIpc) is 2.62. The number of amides is 1. The van der Waals surface area contributed by atoms with Crippen LogP contribution in [0.25, 0.3) is 10.8 Å². The number of methoxy groups -OCH3 is 2. The van der Waals surface area contributed by atoms with Crippen LogP contribution in [0.15, 0.2) is 54.6 Å². The molecule has 3 rings (SSSR count). The van der Waals surface area contributed by atoms with Crippen LogP contribution in [0.5, 0.6) is 11.5 Å². The highest BCUT2D eigenvalue weighted by Crippen LogP contribution is 2.35. The van der Waals surface area contributed by atoms with Crippen LogP contribution in [0.2, 0.25) is 5.02 Å². The predicted molar refractivity (Wildman–Crippen MR) is 101 cm³/mol. The molecule has 0 saturated heterocycles. The summed E-state index contributed by atoms with van der Waals surface area (Å²) in [5.41, 5.74) is 1.46. The lowest BCUT2D eigenvalue weighted by molar-refractivity contribution is -0.115. The van der Waals surface area contributed by atoms with Crippen LogP contribution in [0.4, 0.5) is 5.69 Å². The van der Waals surface area contributed by atoms with Gasteiger partial charge < -0.3 is 14.8 Å². The Kier molecular flexibility index (Phi) is 5.10. The van der Waals surface area contributed by atoms with Gasteiger partial charge >= 0.3 is 0 Å². The first kappa shape index (κ1) is 17.1. The van der Waals surface area contributed by atoms with Gasteiger partial charge in [0.25, 0.3) is 0 Å². The first-order valence-corrected chi connectivity index (χ1v) is 8.17. The molecule has 5 heteroatoms. The maximum absolute atomic E-state index is 12.4. The molecule has 0 fully saturated rings.